The Morgan fingerprint density at radius 2 is 2.07 bits per heavy atom. The van der Waals surface area contributed by atoms with Crippen LogP contribution in [-0.4, -0.2) is 12.0 Å². The quantitative estimate of drug-likeness (QED) is 0.583. The van der Waals surface area contributed by atoms with E-state index in [2.05, 4.69) is 0 Å². The van der Waals surface area contributed by atoms with Crippen molar-refractivity contribution in [3.8, 4) is 0 Å². The van der Waals surface area contributed by atoms with E-state index in [9.17, 15) is 4.79 Å². The lowest BCUT2D eigenvalue weighted by Crippen LogP contribution is -1.93. The second-order valence-electron chi connectivity index (χ2n) is 3.53. The zero-order valence-electron chi connectivity index (χ0n) is 8.45. The van der Waals surface area contributed by atoms with E-state index in [0.717, 1.165) is 22.6 Å². The van der Waals surface area contributed by atoms with Gasteiger partial charge < -0.3 is 5.41 Å². The maximum absolute atomic E-state index is 10.6. The lowest BCUT2D eigenvalue weighted by atomic mass is 10.00. The Hall–Kier alpha value is -1.96. The molecule has 1 N–H and O–H groups in total. The number of hydrogen-bond donors (Lipinski definition) is 1. The van der Waals surface area contributed by atoms with Crippen molar-refractivity contribution in [2.45, 2.75) is 6.92 Å². The fourth-order valence-electron chi connectivity index (χ4n) is 1.70. The van der Waals surface area contributed by atoms with Gasteiger partial charge in [-0.2, -0.15) is 0 Å². The first-order valence-electron chi connectivity index (χ1n) is 4.76. The van der Waals surface area contributed by atoms with Crippen LogP contribution in [-0.2, 0) is 0 Å². The summed E-state index contributed by atoms with van der Waals surface area (Å²) in [5, 5.41) is 9.67. The number of carbonyl (C=O) groups excluding carboxylic acids is 1. The summed E-state index contributed by atoms with van der Waals surface area (Å²) in [7, 11) is 0. The van der Waals surface area contributed by atoms with Crippen LogP contribution in [0.2, 0.25) is 0 Å². The number of carbonyl (C=O) groups is 1. The Morgan fingerprint density at radius 1 is 1.27 bits per heavy atom. The van der Waals surface area contributed by atoms with E-state index < -0.39 is 0 Å². The normalized spacial score (nSPS) is 10.2. The molecule has 0 atom stereocenters. The molecular formula is C13H11NO. The van der Waals surface area contributed by atoms with E-state index in [-0.39, 0.29) is 0 Å². The van der Waals surface area contributed by atoms with Gasteiger partial charge in [-0.15, -0.1) is 0 Å². The van der Waals surface area contributed by atoms with E-state index in [1.807, 2.05) is 30.3 Å². The molecule has 0 saturated carbocycles. The third-order valence-electron chi connectivity index (χ3n) is 2.44. The first kappa shape index (κ1) is 9.59. The summed E-state index contributed by atoms with van der Waals surface area (Å²) in [6.07, 6.45) is 0.837. The minimum absolute atomic E-state index is 0.541. The second-order valence-corrected chi connectivity index (χ2v) is 3.53. The zero-order chi connectivity index (χ0) is 10.8. The van der Waals surface area contributed by atoms with Crippen molar-refractivity contribution in [1.29, 1.82) is 5.41 Å². The standard InChI is InChI=1S/C13H11NO/c1-9(14)12-4-2-3-11-7-10(8-15)5-6-13(11)12/h2-8,14H,1H3. The van der Waals surface area contributed by atoms with Crippen LogP contribution in [0.15, 0.2) is 36.4 Å². The molecule has 0 heterocycles. The largest absolute Gasteiger partial charge is 0.305 e. The van der Waals surface area contributed by atoms with Crippen LogP contribution in [0.5, 0.6) is 0 Å². The molecule has 0 aliphatic rings. The van der Waals surface area contributed by atoms with Crippen LogP contribution in [0.1, 0.15) is 22.8 Å². The van der Waals surface area contributed by atoms with Crippen molar-refractivity contribution in [3.05, 3.63) is 47.5 Å². The Morgan fingerprint density at radius 3 is 2.73 bits per heavy atom. The van der Waals surface area contributed by atoms with Crippen LogP contribution >= 0.6 is 0 Å². The maximum Gasteiger partial charge on any atom is 0.150 e. The van der Waals surface area contributed by atoms with Gasteiger partial charge in [-0.1, -0.05) is 30.3 Å². The molecular weight excluding hydrogens is 186 g/mol. The molecule has 2 heteroatoms. The molecule has 2 nitrogen and oxygen atoms in total. The summed E-state index contributed by atoms with van der Waals surface area (Å²) in [4.78, 5) is 10.6. The highest BCUT2D eigenvalue weighted by atomic mass is 16.1. The third-order valence-corrected chi connectivity index (χ3v) is 2.44. The second kappa shape index (κ2) is 3.65. The van der Waals surface area contributed by atoms with Gasteiger partial charge in [0.1, 0.15) is 6.29 Å². The van der Waals surface area contributed by atoms with Crippen LogP contribution < -0.4 is 0 Å². The van der Waals surface area contributed by atoms with E-state index in [0.29, 0.717) is 11.3 Å². The number of rotatable bonds is 2. The van der Waals surface area contributed by atoms with Gasteiger partial charge in [0.25, 0.3) is 0 Å². The SMILES string of the molecule is CC(=N)c1cccc2cc(C=O)ccc12. The highest BCUT2D eigenvalue weighted by Crippen LogP contribution is 2.20. The van der Waals surface area contributed by atoms with E-state index >= 15 is 0 Å². The molecule has 0 radical (unpaired) electrons. The summed E-state index contributed by atoms with van der Waals surface area (Å²) in [6, 6.07) is 11.3. The van der Waals surface area contributed by atoms with Crippen molar-refractivity contribution in [2.24, 2.45) is 0 Å². The molecule has 2 rings (SSSR count). The predicted molar refractivity (Wildman–Crippen MR) is 61.8 cm³/mol. The maximum atomic E-state index is 10.6. The Labute approximate surface area is 88.1 Å². The monoisotopic (exact) mass is 197 g/mol. The van der Waals surface area contributed by atoms with Crippen molar-refractivity contribution in [3.63, 3.8) is 0 Å². The molecule has 15 heavy (non-hydrogen) atoms. The average molecular weight is 197 g/mol. The van der Waals surface area contributed by atoms with E-state index in [1.54, 1.807) is 13.0 Å². The van der Waals surface area contributed by atoms with Crippen LogP contribution in [0, 0.1) is 5.41 Å². The smallest absolute Gasteiger partial charge is 0.150 e. The Kier molecular flexibility index (Phi) is 2.34. The Balaban J connectivity index is 2.77. The molecule has 0 aromatic heterocycles. The first-order valence-corrected chi connectivity index (χ1v) is 4.76. The lowest BCUT2D eigenvalue weighted by Gasteiger charge is -2.04. The molecule has 0 unspecified atom stereocenters. The first-order chi connectivity index (χ1) is 7.22. The molecule has 0 spiro atoms. The lowest BCUT2D eigenvalue weighted by molar-refractivity contribution is 0.112. The fraction of sp³-hybridized carbons (Fsp3) is 0.0769. The van der Waals surface area contributed by atoms with Gasteiger partial charge in [0.05, 0.1) is 0 Å². The molecule has 74 valence electrons. The van der Waals surface area contributed by atoms with Gasteiger partial charge in [0.15, 0.2) is 0 Å². The zero-order valence-corrected chi connectivity index (χ0v) is 8.45. The molecule has 0 amide bonds. The predicted octanol–water partition coefficient (Wildman–Crippen LogP) is 3.04. The van der Waals surface area contributed by atoms with Gasteiger partial charge in [0, 0.05) is 16.8 Å². The highest BCUT2D eigenvalue weighted by Gasteiger charge is 2.02. The summed E-state index contributed by atoms with van der Waals surface area (Å²) in [6.45, 7) is 1.77. The third kappa shape index (κ3) is 1.66. The molecule has 0 saturated heterocycles. The van der Waals surface area contributed by atoms with Gasteiger partial charge in [-0.3, -0.25) is 4.79 Å². The molecule has 0 aliphatic heterocycles. The summed E-state index contributed by atoms with van der Waals surface area (Å²) in [5.74, 6) is 0. The summed E-state index contributed by atoms with van der Waals surface area (Å²) in [5.41, 5.74) is 2.13. The van der Waals surface area contributed by atoms with Gasteiger partial charge in [-0.25, -0.2) is 0 Å². The summed E-state index contributed by atoms with van der Waals surface area (Å²) >= 11 is 0. The van der Waals surface area contributed by atoms with E-state index in [4.69, 9.17) is 5.41 Å². The number of nitrogens with one attached hydrogen (secondary N) is 1. The summed E-state index contributed by atoms with van der Waals surface area (Å²) < 4.78 is 0. The van der Waals surface area contributed by atoms with Crippen LogP contribution in [0.25, 0.3) is 10.8 Å². The van der Waals surface area contributed by atoms with Crippen molar-refractivity contribution >= 4 is 22.8 Å². The van der Waals surface area contributed by atoms with Gasteiger partial charge in [-0.05, 0) is 23.8 Å². The fourth-order valence-corrected chi connectivity index (χ4v) is 1.70. The minimum Gasteiger partial charge on any atom is -0.305 e. The number of fused-ring (bicyclic) bond motifs is 1. The number of aldehydes is 1. The molecule has 0 bridgehead atoms. The van der Waals surface area contributed by atoms with Gasteiger partial charge in [0.2, 0.25) is 0 Å². The van der Waals surface area contributed by atoms with Gasteiger partial charge >= 0.3 is 0 Å². The number of hydrogen-bond acceptors (Lipinski definition) is 2. The molecule has 0 aliphatic carbocycles. The molecule has 0 fully saturated rings. The number of benzene rings is 2. The minimum atomic E-state index is 0.541. The van der Waals surface area contributed by atoms with Crippen molar-refractivity contribution < 1.29 is 4.79 Å². The average Bonchev–Trinajstić information content (AvgIpc) is 2.27. The Bertz CT molecular complexity index is 543. The van der Waals surface area contributed by atoms with Crippen molar-refractivity contribution in [1.82, 2.24) is 0 Å². The molecule has 2 aromatic rings. The van der Waals surface area contributed by atoms with Crippen molar-refractivity contribution in [2.75, 3.05) is 0 Å². The van der Waals surface area contributed by atoms with E-state index in [1.165, 1.54) is 0 Å². The van der Waals surface area contributed by atoms with Crippen LogP contribution in [0.3, 0.4) is 0 Å². The molecule has 2 aromatic carbocycles. The topological polar surface area (TPSA) is 40.9 Å². The highest BCUT2D eigenvalue weighted by molar-refractivity contribution is 6.08. The van der Waals surface area contributed by atoms with Crippen LogP contribution in [0.4, 0.5) is 0 Å².